The van der Waals surface area contributed by atoms with Crippen LogP contribution in [0.4, 0.5) is 0 Å². The van der Waals surface area contributed by atoms with Crippen LogP contribution >= 0.6 is 0 Å². The summed E-state index contributed by atoms with van der Waals surface area (Å²) >= 11 is 0. The number of hydrogen-bond donors (Lipinski definition) is 0. The zero-order valence-electron chi connectivity index (χ0n) is 13.8. The van der Waals surface area contributed by atoms with Crippen molar-refractivity contribution in [2.45, 2.75) is 45.3 Å². The summed E-state index contributed by atoms with van der Waals surface area (Å²) < 4.78 is 22.0. The molecule has 0 aromatic heterocycles. The zero-order chi connectivity index (χ0) is 16.4. The molecule has 22 heavy (non-hydrogen) atoms. The first-order valence-electron chi connectivity index (χ1n) is 7.40. The lowest BCUT2D eigenvalue weighted by atomic mass is 9.79. The fraction of sp³-hybridized carbons (Fsp3) is 0.562. The van der Waals surface area contributed by atoms with Crippen molar-refractivity contribution in [2.24, 2.45) is 0 Å². The number of esters is 1. The fourth-order valence-corrected chi connectivity index (χ4v) is 2.05. The molecule has 1 aliphatic rings. The summed E-state index contributed by atoms with van der Waals surface area (Å²) in [5.74, 6) is 0.415. The molecular weight excluding hydrogens is 283 g/mol. The fourth-order valence-electron chi connectivity index (χ4n) is 2.05. The highest BCUT2D eigenvalue weighted by Crippen LogP contribution is 2.36. The standard InChI is InChI=1S/C16H23BO5/c1-15(2)16(3,4)22-17(21-15)12-6-8-13(9-7-12)20-11-10-14(18)19-5/h6-9H,10-11H2,1-5H3. The van der Waals surface area contributed by atoms with Crippen LogP contribution in [-0.2, 0) is 18.8 Å². The number of carbonyl (C=O) groups excluding carboxylic acids is 1. The molecule has 1 aromatic rings. The minimum atomic E-state index is -0.380. The Hall–Kier alpha value is -1.53. The van der Waals surface area contributed by atoms with E-state index in [1.807, 2.05) is 52.0 Å². The van der Waals surface area contributed by atoms with Crippen LogP contribution in [0.5, 0.6) is 5.75 Å². The van der Waals surface area contributed by atoms with E-state index in [0.717, 1.165) is 5.46 Å². The van der Waals surface area contributed by atoms with Crippen molar-refractivity contribution >= 4 is 18.6 Å². The average Bonchev–Trinajstić information content (AvgIpc) is 2.68. The van der Waals surface area contributed by atoms with Gasteiger partial charge in [0.2, 0.25) is 0 Å². The minimum absolute atomic E-state index is 0.232. The molecule has 1 fully saturated rings. The molecule has 0 spiro atoms. The average molecular weight is 306 g/mol. The summed E-state index contributed by atoms with van der Waals surface area (Å²) in [6, 6.07) is 7.51. The predicted octanol–water partition coefficient (Wildman–Crippen LogP) is 1.93. The molecule has 0 aliphatic carbocycles. The molecule has 1 aromatic carbocycles. The SMILES string of the molecule is COC(=O)CCOc1ccc(B2OC(C)(C)C(C)(C)O2)cc1. The van der Waals surface area contributed by atoms with Crippen LogP contribution in [0.3, 0.4) is 0 Å². The zero-order valence-corrected chi connectivity index (χ0v) is 13.8. The van der Waals surface area contributed by atoms with Crippen LogP contribution < -0.4 is 10.2 Å². The first kappa shape index (κ1) is 16.8. The van der Waals surface area contributed by atoms with Gasteiger partial charge in [0.25, 0.3) is 0 Å². The van der Waals surface area contributed by atoms with Gasteiger partial charge >= 0.3 is 13.1 Å². The highest BCUT2D eigenvalue weighted by molar-refractivity contribution is 6.62. The van der Waals surface area contributed by atoms with E-state index in [-0.39, 0.29) is 30.7 Å². The van der Waals surface area contributed by atoms with E-state index in [2.05, 4.69) is 4.74 Å². The highest BCUT2D eigenvalue weighted by Gasteiger charge is 2.51. The van der Waals surface area contributed by atoms with Gasteiger partial charge < -0.3 is 18.8 Å². The van der Waals surface area contributed by atoms with Gasteiger partial charge in [0.05, 0.1) is 31.3 Å². The second-order valence-corrected chi connectivity index (χ2v) is 6.33. The maximum Gasteiger partial charge on any atom is 0.494 e. The van der Waals surface area contributed by atoms with E-state index in [1.54, 1.807) is 0 Å². The summed E-state index contributed by atoms with van der Waals surface area (Å²) in [5, 5.41) is 0. The number of ether oxygens (including phenoxy) is 2. The van der Waals surface area contributed by atoms with Crippen LogP contribution in [0.25, 0.3) is 0 Å². The van der Waals surface area contributed by atoms with Gasteiger partial charge in [-0.3, -0.25) is 4.79 Å². The number of benzene rings is 1. The Kier molecular flexibility index (Phi) is 4.82. The molecular formula is C16H23BO5. The Bertz CT molecular complexity index is 508. The van der Waals surface area contributed by atoms with Crippen molar-refractivity contribution in [3.8, 4) is 5.75 Å². The lowest BCUT2D eigenvalue weighted by molar-refractivity contribution is -0.141. The molecule has 1 saturated heterocycles. The Labute approximate surface area is 132 Å². The van der Waals surface area contributed by atoms with Crippen molar-refractivity contribution < 1.29 is 23.6 Å². The molecule has 1 aliphatic heterocycles. The third kappa shape index (κ3) is 3.62. The van der Waals surface area contributed by atoms with Crippen molar-refractivity contribution in [3.05, 3.63) is 24.3 Å². The first-order valence-corrected chi connectivity index (χ1v) is 7.40. The number of hydrogen-bond acceptors (Lipinski definition) is 5. The van der Waals surface area contributed by atoms with Gasteiger partial charge in [0.15, 0.2) is 0 Å². The number of carbonyl (C=O) groups is 1. The van der Waals surface area contributed by atoms with Crippen molar-refractivity contribution in [3.63, 3.8) is 0 Å². The maximum atomic E-state index is 11.0. The van der Waals surface area contributed by atoms with Crippen molar-refractivity contribution in [1.82, 2.24) is 0 Å². The minimum Gasteiger partial charge on any atom is -0.493 e. The first-order chi connectivity index (χ1) is 10.2. The summed E-state index contributed by atoms with van der Waals surface area (Å²) in [5.41, 5.74) is 0.236. The van der Waals surface area contributed by atoms with Crippen LogP contribution in [0, 0.1) is 0 Å². The monoisotopic (exact) mass is 306 g/mol. The second-order valence-electron chi connectivity index (χ2n) is 6.33. The summed E-state index contributed by atoms with van der Waals surface area (Å²) in [6.45, 7) is 8.39. The van der Waals surface area contributed by atoms with E-state index < -0.39 is 0 Å². The third-order valence-corrected chi connectivity index (χ3v) is 4.21. The quantitative estimate of drug-likeness (QED) is 0.614. The Morgan fingerprint density at radius 3 is 2.14 bits per heavy atom. The molecule has 0 amide bonds. The van der Waals surface area contributed by atoms with E-state index in [0.29, 0.717) is 12.4 Å². The molecule has 0 N–H and O–H groups in total. The van der Waals surface area contributed by atoms with E-state index in [4.69, 9.17) is 14.0 Å². The molecule has 120 valence electrons. The highest BCUT2D eigenvalue weighted by atomic mass is 16.7. The summed E-state index contributed by atoms with van der Waals surface area (Å²) in [7, 11) is 0.982. The van der Waals surface area contributed by atoms with Gasteiger partial charge in [-0.05, 0) is 45.3 Å². The number of rotatable bonds is 5. The van der Waals surface area contributed by atoms with Crippen LogP contribution in [0.2, 0.25) is 0 Å². The largest absolute Gasteiger partial charge is 0.494 e. The Morgan fingerprint density at radius 2 is 1.64 bits per heavy atom. The molecule has 0 bridgehead atoms. The lowest BCUT2D eigenvalue weighted by Gasteiger charge is -2.32. The molecule has 2 rings (SSSR count). The van der Waals surface area contributed by atoms with Gasteiger partial charge in [-0.2, -0.15) is 0 Å². The second kappa shape index (κ2) is 6.30. The topological polar surface area (TPSA) is 54.0 Å². The van der Waals surface area contributed by atoms with Crippen molar-refractivity contribution in [2.75, 3.05) is 13.7 Å². The third-order valence-electron chi connectivity index (χ3n) is 4.21. The van der Waals surface area contributed by atoms with E-state index in [9.17, 15) is 4.79 Å². The molecule has 0 atom stereocenters. The summed E-state index contributed by atoms with van der Waals surface area (Å²) in [4.78, 5) is 11.0. The van der Waals surface area contributed by atoms with E-state index in [1.165, 1.54) is 7.11 Å². The van der Waals surface area contributed by atoms with Crippen LogP contribution in [0.1, 0.15) is 34.1 Å². The molecule has 0 saturated carbocycles. The van der Waals surface area contributed by atoms with Gasteiger partial charge in [-0.15, -0.1) is 0 Å². The van der Waals surface area contributed by atoms with Gasteiger partial charge in [-0.25, -0.2) is 0 Å². The summed E-state index contributed by atoms with van der Waals surface area (Å²) in [6.07, 6.45) is 0.232. The predicted molar refractivity (Wildman–Crippen MR) is 84.3 cm³/mol. The normalized spacial score (nSPS) is 19.0. The van der Waals surface area contributed by atoms with Gasteiger partial charge in [-0.1, -0.05) is 12.1 Å². The van der Waals surface area contributed by atoms with Crippen molar-refractivity contribution in [1.29, 1.82) is 0 Å². The van der Waals surface area contributed by atoms with Gasteiger partial charge in [0, 0.05) is 0 Å². The van der Waals surface area contributed by atoms with Crippen LogP contribution in [0.15, 0.2) is 24.3 Å². The molecule has 1 heterocycles. The molecule has 0 radical (unpaired) electrons. The molecule has 5 nitrogen and oxygen atoms in total. The number of methoxy groups -OCH3 is 1. The smallest absolute Gasteiger partial charge is 0.493 e. The lowest BCUT2D eigenvalue weighted by Crippen LogP contribution is -2.41. The van der Waals surface area contributed by atoms with Crippen LogP contribution in [-0.4, -0.2) is 38.0 Å². The Balaban J connectivity index is 1.94. The van der Waals surface area contributed by atoms with E-state index >= 15 is 0 Å². The molecule has 0 unspecified atom stereocenters. The Morgan fingerprint density at radius 1 is 1.09 bits per heavy atom. The maximum absolute atomic E-state index is 11.0. The van der Waals surface area contributed by atoms with Gasteiger partial charge in [0.1, 0.15) is 5.75 Å². The molecule has 6 heteroatoms.